The zero-order valence-electron chi connectivity index (χ0n) is 10.5. The zero-order valence-corrected chi connectivity index (χ0v) is 11.2. The van der Waals surface area contributed by atoms with Gasteiger partial charge in [0.05, 0.1) is 10.6 Å². The van der Waals surface area contributed by atoms with Crippen LogP contribution in [0.1, 0.15) is 30.1 Å². The standard InChI is InChI=1S/C13H11ClF4O2/c1-7(19)8-4-9(14)11(5-10(8)15)20-6-12(2-3-12)13(16,17)18/h4-5H,2-3,6H2,1H3. The second kappa shape index (κ2) is 4.91. The van der Waals surface area contributed by atoms with Crippen molar-refractivity contribution in [3.05, 3.63) is 28.5 Å². The van der Waals surface area contributed by atoms with Gasteiger partial charge in [0, 0.05) is 6.07 Å². The molecule has 1 aromatic carbocycles. The van der Waals surface area contributed by atoms with Crippen molar-refractivity contribution in [3.63, 3.8) is 0 Å². The Bertz CT molecular complexity index is 550. The highest BCUT2D eigenvalue weighted by atomic mass is 35.5. The van der Waals surface area contributed by atoms with Crippen molar-refractivity contribution >= 4 is 17.4 Å². The lowest BCUT2D eigenvalue weighted by Crippen LogP contribution is -2.30. The van der Waals surface area contributed by atoms with Crippen LogP contribution >= 0.6 is 11.6 Å². The SMILES string of the molecule is CC(=O)c1cc(Cl)c(OCC2(C(F)(F)F)CC2)cc1F. The minimum atomic E-state index is -4.35. The number of alkyl halides is 3. The number of hydrogen-bond donors (Lipinski definition) is 0. The molecule has 0 atom stereocenters. The van der Waals surface area contributed by atoms with Crippen LogP contribution in [0.15, 0.2) is 12.1 Å². The molecule has 7 heteroatoms. The van der Waals surface area contributed by atoms with E-state index in [1.54, 1.807) is 0 Å². The van der Waals surface area contributed by atoms with E-state index in [1.807, 2.05) is 0 Å². The highest BCUT2D eigenvalue weighted by molar-refractivity contribution is 6.32. The summed E-state index contributed by atoms with van der Waals surface area (Å²) >= 11 is 5.78. The molecule has 0 spiro atoms. The van der Waals surface area contributed by atoms with Gasteiger partial charge in [0.2, 0.25) is 0 Å². The molecule has 110 valence electrons. The van der Waals surface area contributed by atoms with Crippen LogP contribution in [0.5, 0.6) is 5.75 Å². The highest BCUT2D eigenvalue weighted by Gasteiger charge is 2.63. The second-order valence-corrected chi connectivity index (χ2v) is 5.29. The summed E-state index contributed by atoms with van der Waals surface area (Å²) in [7, 11) is 0. The fourth-order valence-corrected chi connectivity index (χ4v) is 2.00. The van der Waals surface area contributed by atoms with Gasteiger partial charge in [-0.3, -0.25) is 4.79 Å². The van der Waals surface area contributed by atoms with Crippen molar-refractivity contribution in [1.82, 2.24) is 0 Å². The molecule has 1 aliphatic carbocycles. The molecular weight excluding hydrogens is 300 g/mol. The average molecular weight is 311 g/mol. The van der Waals surface area contributed by atoms with Crippen LogP contribution in [-0.2, 0) is 0 Å². The molecule has 0 saturated heterocycles. The maximum atomic E-state index is 13.6. The third-order valence-corrected chi connectivity index (χ3v) is 3.66. The Labute approximate surface area is 117 Å². The van der Waals surface area contributed by atoms with Crippen molar-refractivity contribution in [1.29, 1.82) is 0 Å². The monoisotopic (exact) mass is 310 g/mol. The van der Waals surface area contributed by atoms with Crippen LogP contribution < -0.4 is 4.74 Å². The molecule has 1 aliphatic rings. The first-order valence-electron chi connectivity index (χ1n) is 5.86. The van der Waals surface area contributed by atoms with Crippen LogP contribution in [0.2, 0.25) is 5.02 Å². The van der Waals surface area contributed by atoms with E-state index in [-0.39, 0.29) is 29.2 Å². The number of hydrogen-bond acceptors (Lipinski definition) is 2. The van der Waals surface area contributed by atoms with E-state index >= 15 is 0 Å². The van der Waals surface area contributed by atoms with Gasteiger partial charge >= 0.3 is 6.18 Å². The summed E-state index contributed by atoms with van der Waals surface area (Å²) < 4.78 is 56.7. The van der Waals surface area contributed by atoms with Crippen molar-refractivity contribution in [2.75, 3.05) is 6.61 Å². The molecule has 0 bridgehead atoms. The topological polar surface area (TPSA) is 26.3 Å². The van der Waals surface area contributed by atoms with E-state index < -0.39 is 29.8 Å². The second-order valence-electron chi connectivity index (χ2n) is 4.89. The Hall–Kier alpha value is -1.30. The summed E-state index contributed by atoms with van der Waals surface area (Å²) in [5.74, 6) is -1.58. The number of Topliss-reactive ketones (excluding diaryl/α,β-unsaturated/α-hetero) is 1. The Balaban J connectivity index is 2.15. The molecule has 1 fully saturated rings. The predicted octanol–water partition coefficient (Wildman–Crippen LogP) is 4.40. The maximum Gasteiger partial charge on any atom is 0.397 e. The van der Waals surface area contributed by atoms with Crippen molar-refractivity contribution in [3.8, 4) is 5.75 Å². The Morgan fingerprint density at radius 1 is 1.40 bits per heavy atom. The molecule has 0 heterocycles. The number of ketones is 1. The fraction of sp³-hybridized carbons (Fsp3) is 0.462. The summed E-state index contributed by atoms with van der Waals surface area (Å²) in [5, 5.41) is -0.0884. The first-order chi connectivity index (χ1) is 9.16. The van der Waals surface area contributed by atoms with Gasteiger partial charge in [0.15, 0.2) is 5.78 Å². The summed E-state index contributed by atoms with van der Waals surface area (Å²) in [5.41, 5.74) is -2.08. The number of rotatable bonds is 4. The predicted molar refractivity (Wildman–Crippen MR) is 64.6 cm³/mol. The molecule has 1 saturated carbocycles. The van der Waals surface area contributed by atoms with Gasteiger partial charge in [-0.25, -0.2) is 4.39 Å². The van der Waals surface area contributed by atoms with Gasteiger partial charge in [-0.2, -0.15) is 13.2 Å². The third-order valence-electron chi connectivity index (χ3n) is 3.36. The molecule has 20 heavy (non-hydrogen) atoms. The lowest BCUT2D eigenvalue weighted by Gasteiger charge is -2.20. The first kappa shape index (κ1) is 15.1. The Morgan fingerprint density at radius 2 is 2.00 bits per heavy atom. The van der Waals surface area contributed by atoms with E-state index in [0.29, 0.717) is 0 Å². The Kier molecular flexibility index (Phi) is 3.71. The highest BCUT2D eigenvalue weighted by Crippen LogP contribution is 2.57. The molecule has 1 aromatic rings. The lowest BCUT2D eigenvalue weighted by molar-refractivity contribution is -0.194. The molecule has 0 unspecified atom stereocenters. The van der Waals surface area contributed by atoms with E-state index in [9.17, 15) is 22.4 Å². The minimum Gasteiger partial charge on any atom is -0.491 e. The van der Waals surface area contributed by atoms with Crippen LogP contribution in [0, 0.1) is 11.2 Å². The van der Waals surface area contributed by atoms with E-state index in [1.165, 1.54) is 0 Å². The van der Waals surface area contributed by atoms with Crippen molar-refractivity contribution < 1.29 is 27.1 Å². The largest absolute Gasteiger partial charge is 0.491 e. The van der Waals surface area contributed by atoms with Crippen LogP contribution in [0.3, 0.4) is 0 Å². The maximum absolute atomic E-state index is 13.6. The average Bonchev–Trinajstić information content (AvgIpc) is 3.09. The number of benzene rings is 1. The number of halogens is 5. The smallest absolute Gasteiger partial charge is 0.397 e. The third kappa shape index (κ3) is 2.75. The molecular formula is C13H11ClF4O2. The van der Waals surface area contributed by atoms with Gasteiger partial charge < -0.3 is 4.74 Å². The summed E-state index contributed by atoms with van der Waals surface area (Å²) in [4.78, 5) is 11.1. The molecule has 2 nitrogen and oxygen atoms in total. The van der Waals surface area contributed by atoms with Crippen molar-refractivity contribution in [2.45, 2.75) is 25.9 Å². The molecule has 0 aromatic heterocycles. The summed E-state index contributed by atoms with van der Waals surface area (Å²) in [6.07, 6.45) is -4.37. The molecule has 0 N–H and O–H groups in total. The van der Waals surface area contributed by atoms with Gasteiger partial charge in [-0.1, -0.05) is 11.6 Å². The molecule has 0 amide bonds. The van der Waals surface area contributed by atoms with Crippen LogP contribution in [0.4, 0.5) is 17.6 Å². The number of carbonyl (C=O) groups excluding carboxylic acids is 1. The van der Waals surface area contributed by atoms with Crippen LogP contribution in [0.25, 0.3) is 0 Å². The molecule has 0 radical (unpaired) electrons. The van der Waals surface area contributed by atoms with Gasteiger partial charge in [-0.05, 0) is 25.8 Å². The van der Waals surface area contributed by atoms with E-state index in [2.05, 4.69) is 0 Å². The van der Waals surface area contributed by atoms with E-state index in [4.69, 9.17) is 16.3 Å². The van der Waals surface area contributed by atoms with Crippen molar-refractivity contribution in [2.24, 2.45) is 5.41 Å². The van der Waals surface area contributed by atoms with E-state index in [0.717, 1.165) is 19.1 Å². The normalized spacial score (nSPS) is 16.9. The first-order valence-corrected chi connectivity index (χ1v) is 6.24. The van der Waals surface area contributed by atoms with Gasteiger partial charge in [-0.15, -0.1) is 0 Å². The zero-order chi connectivity index (χ0) is 15.1. The van der Waals surface area contributed by atoms with Gasteiger partial charge in [0.1, 0.15) is 23.6 Å². The van der Waals surface area contributed by atoms with Gasteiger partial charge in [0.25, 0.3) is 0 Å². The number of ether oxygens (including phenoxy) is 1. The quantitative estimate of drug-likeness (QED) is 0.608. The fourth-order valence-electron chi connectivity index (χ4n) is 1.79. The minimum absolute atomic E-state index is 0.0118. The summed E-state index contributed by atoms with van der Waals surface area (Å²) in [6.45, 7) is 0.563. The number of carbonyl (C=O) groups is 1. The summed E-state index contributed by atoms with van der Waals surface area (Å²) in [6, 6.07) is 1.90. The Morgan fingerprint density at radius 3 is 2.45 bits per heavy atom. The van der Waals surface area contributed by atoms with Crippen LogP contribution in [-0.4, -0.2) is 18.6 Å². The molecule has 0 aliphatic heterocycles. The molecule has 2 rings (SSSR count). The lowest BCUT2D eigenvalue weighted by atomic mass is 10.1.